The van der Waals surface area contributed by atoms with Crippen LogP contribution >= 0.6 is 11.3 Å². The minimum atomic E-state index is -0.427. The van der Waals surface area contributed by atoms with Gasteiger partial charge in [0.25, 0.3) is 0 Å². The molecule has 0 radical (unpaired) electrons. The highest BCUT2D eigenvalue weighted by Gasteiger charge is 2.30. The Kier molecular flexibility index (Phi) is 5.18. The zero-order valence-electron chi connectivity index (χ0n) is 16.2. The number of carbonyl (C=O) groups is 1. The van der Waals surface area contributed by atoms with Crippen molar-refractivity contribution in [1.82, 2.24) is 15.0 Å². The fourth-order valence-corrected chi connectivity index (χ4v) is 4.55. The molecule has 2 aliphatic carbocycles. The molecule has 0 unspecified atom stereocenters. The van der Waals surface area contributed by atoms with E-state index in [0.717, 1.165) is 43.4 Å². The first-order valence-electron chi connectivity index (χ1n) is 10.1. The van der Waals surface area contributed by atoms with Crippen LogP contribution in [0.25, 0.3) is 21.3 Å². The molecule has 0 aliphatic heterocycles. The molecular formula is C21H21FN4O3S. The first kappa shape index (κ1) is 19.5. The number of aliphatic hydroxyl groups is 1. The van der Waals surface area contributed by atoms with Crippen molar-refractivity contribution >= 4 is 32.6 Å². The molecule has 2 atom stereocenters. The van der Waals surface area contributed by atoms with Gasteiger partial charge in [0.1, 0.15) is 6.61 Å². The van der Waals surface area contributed by atoms with Crippen LogP contribution in [0.4, 0.5) is 9.52 Å². The molecule has 0 saturated heterocycles. The minimum Gasteiger partial charge on any atom is -0.390 e. The first-order valence-corrected chi connectivity index (χ1v) is 10.9. The van der Waals surface area contributed by atoms with Crippen LogP contribution in [0.2, 0.25) is 0 Å². The number of aliphatic hydroxyl groups excluding tert-OH is 1. The van der Waals surface area contributed by atoms with E-state index in [0.29, 0.717) is 32.3 Å². The Morgan fingerprint density at radius 2 is 2.03 bits per heavy atom. The molecule has 2 N–H and O–H groups in total. The van der Waals surface area contributed by atoms with E-state index in [1.807, 2.05) is 0 Å². The Morgan fingerprint density at radius 1 is 1.23 bits per heavy atom. The number of nitrogens with zero attached hydrogens (tertiary/aromatic N) is 3. The summed E-state index contributed by atoms with van der Waals surface area (Å²) < 4.78 is 21.2. The molecule has 2 saturated carbocycles. The average molecular weight is 428 g/mol. The lowest BCUT2D eigenvalue weighted by atomic mass is 10.1. The Bertz CT molecular complexity index is 1080. The Morgan fingerprint density at radius 3 is 2.73 bits per heavy atom. The number of anilines is 1. The second kappa shape index (κ2) is 7.98. The predicted molar refractivity (Wildman–Crippen MR) is 110 cm³/mol. The molecule has 30 heavy (non-hydrogen) atoms. The van der Waals surface area contributed by atoms with Crippen LogP contribution in [0.3, 0.4) is 0 Å². The molecule has 0 bridgehead atoms. The Hall–Kier alpha value is -2.49. The third-order valence-corrected chi connectivity index (χ3v) is 6.52. The van der Waals surface area contributed by atoms with Crippen LogP contribution < -0.4 is 5.32 Å². The number of amides is 1. The molecule has 2 heterocycles. The quantitative estimate of drug-likeness (QED) is 0.622. The van der Waals surface area contributed by atoms with E-state index >= 15 is 4.39 Å². The Labute approximate surface area is 176 Å². The number of hydrogen-bond donors (Lipinski definition) is 2. The fourth-order valence-electron chi connectivity index (χ4n) is 3.64. The normalized spacial score (nSPS) is 21.3. The molecule has 1 aromatic carbocycles. The fraction of sp³-hybridized carbons (Fsp3) is 0.429. The smallest absolute Gasteiger partial charge is 0.229 e. The van der Waals surface area contributed by atoms with Gasteiger partial charge in [-0.3, -0.25) is 4.79 Å². The lowest BCUT2D eigenvalue weighted by Gasteiger charge is -2.14. The molecule has 2 aliphatic rings. The van der Waals surface area contributed by atoms with Crippen molar-refractivity contribution in [3.63, 3.8) is 0 Å². The van der Waals surface area contributed by atoms with E-state index in [2.05, 4.69) is 20.3 Å². The summed E-state index contributed by atoms with van der Waals surface area (Å²) in [4.78, 5) is 24.8. The van der Waals surface area contributed by atoms with Gasteiger partial charge in [0.15, 0.2) is 16.8 Å². The van der Waals surface area contributed by atoms with Gasteiger partial charge in [0.05, 0.1) is 22.4 Å². The van der Waals surface area contributed by atoms with Crippen molar-refractivity contribution in [2.45, 2.75) is 50.9 Å². The van der Waals surface area contributed by atoms with Crippen molar-refractivity contribution in [2.24, 2.45) is 5.92 Å². The van der Waals surface area contributed by atoms with Crippen LogP contribution in [0.15, 0.2) is 24.5 Å². The number of halogens is 1. The SMILES string of the molecule is O=C(Nc1nc2ccc(-c3cnc(CO[C@H]4CCC[C@@H]4O)nc3)c(F)c2s1)C1CC1. The second-order valence-electron chi connectivity index (χ2n) is 7.79. The van der Waals surface area contributed by atoms with Crippen LogP contribution in [0, 0.1) is 11.7 Å². The van der Waals surface area contributed by atoms with Crippen LogP contribution in [0.5, 0.6) is 0 Å². The highest BCUT2D eigenvalue weighted by atomic mass is 32.1. The van der Waals surface area contributed by atoms with E-state index in [1.54, 1.807) is 24.5 Å². The largest absolute Gasteiger partial charge is 0.390 e. The summed E-state index contributed by atoms with van der Waals surface area (Å²) in [6.07, 6.45) is 6.89. The van der Waals surface area contributed by atoms with Gasteiger partial charge in [-0.2, -0.15) is 0 Å². The Balaban J connectivity index is 1.32. The van der Waals surface area contributed by atoms with Crippen LogP contribution in [-0.4, -0.2) is 38.2 Å². The van der Waals surface area contributed by atoms with Crippen molar-refractivity contribution in [1.29, 1.82) is 0 Å². The molecule has 1 amide bonds. The van der Waals surface area contributed by atoms with Gasteiger partial charge < -0.3 is 15.2 Å². The number of thiazole rings is 1. The molecule has 9 heteroatoms. The van der Waals surface area contributed by atoms with Gasteiger partial charge in [-0.1, -0.05) is 11.3 Å². The maximum absolute atomic E-state index is 15.1. The molecule has 0 spiro atoms. The highest BCUT2D eigenvalue weighted by Crippen LogP contribution is 2.35. The molecule has 2 fully saturated rings. The molecule has 156 valence electrons. The van der Waals surface area contributed by atoms with Gasteiger partial charge in [-0.25, -0.2) is 19.3 Å². The number of nitrogens with one attached hydrogen (secondary N) is 1. The maximum Gasteiger partial charge on any atom is 0.229 e. The van der Waals surface area contributed by atoms with Gasteiger partial charge in [-0.05, 0) is 44.2 Å². The predicted octanol–water partition coefficient (Wildman–Crippen LogP) is 3.67. The second-order valence-corrected chi connectivity index (χ2v) is 8.79. The number of fused-ring (bicyclic) bond motifs is 1. The zero-order valence-corrected chi connectivity index (χ0v) is 17.0. The monoisotopic (exact) mass is 428 g/mol. The van der Waals surface area contributed by atoms with Crippen molar-refractivity contribution < 1.29 is 19.0 Å². The van der Waals surface area contributed by atoms with Crippen molar-refractivity contribution in [2.75, 3.05) is 5.32 Å². The summed E-state index contributed by atoms with van der Waals surface area (Å²) in [7, 11) is 0. The molecule has 2 aromatic heterocycles. The van der Waals surface area contributed by atoms with Crippen molar-refractivity contribution in [3.05, 3.63) is 36.2 Å². The maximum atomic E-state index is 15.1. The first-order chi connectivity index (χ1) is 14.6. The molecular weight excluding hydrogens is 407 g/mol. The third kappa shape index (κ3) is 3.92. The molecule has 7 nitrogen and oxygen atoms in total. The van der Waals surface area contributed by atoms with Crippen molar-refractivity contribution in [3.8, 4) is 11.1 Å². The van der Waals surface area contributed by atoms with Crippen LogP contribution in [0.1, 0.15) is 37.9 Å². The van der Waals surface area contributed by atoms with E-state index in [4.69, 9.17) is 4.74 Å². The van der Waals surface area contributed by atoms with Gasteiger partial charge in [-0.15, -0.1) is 0 Å². The summed E-state index contributed by atoms with van der Waals surface area (Å²) in [5, 5.41) is 13.0. The zero-order chi connectivity index (χ0) is 20.7. The number of carbonyl (C=O) groups excluding carboxylic acids is 1. The van der Waals surface area contributed by atoms with Gasteiger partial charge >= 0.3 is 0 Å². The van der Waals surface area contributed by atoms with E-state index in [-0.39, 0.29) is 24.5 Å². The van der Waals surface area contributed by atoms with E-state index in [1.165, 1.54) is 0 Å². The van der Waals surface area contributed by atoms with Gasteiger partial charge in [0.2, 0.25) is 5.91 Å². The van der Waals surface area contributed by atoms with E-state index < -0.39 is 11.9 Å². The van der Waals surface area contributed by atoms with Gasteiger partial charge in [0, 0.05) is 29.4 Å². The summed E-state index contributed by atoms with van der Waals surface area (Å²) in [6.45, 7) is 0.211. The number of aromatic nitrogens is 3. The summed E-state index contributed by atoms with van der Waals surface area (Å²) in [5.74, 6) is 0.0980. The third-order valence-electron chi connectivity index (χ3n) is 5.54. The topological polar surface area (TPSA) is 97.2 Å². The average Bonchev–Trinajstić information content (AvgIpc) is 3.40. The summed E-state index contributed by atoms with van der Waals surface area (Å²) in [5.41, 5.74) is 1.44. The molecule has 5 rings (SSSR count). The number of hydrogen-bond acceptors (Lipinski definition) is 7. The number of rotatable bonds is 6. The number of benzene rings is 1. The summed E-state index contributed by atoms with van der Waals surface area (Å²) in [6, 6.07) is 3.38. The lowest BCUT2D eigenvalue weighted by Crippen LogP contribution is -2.22. The van der Waals surface area contributed by atoms with E-state index in [9.17, 15) is 9.90 Å². The standard InChI is InChI=1S/C21H21FN4O3S/c22-18-13(6-7-14-19(18)30-21(25-14)26-20(28)11-4-5-11)12-8-23-17(24-9-12)10-29-16-3-1-2-15(16)27/h6-9,11,15-16,27H,1-5,10H2,(H,25,26,28)/t15-,16-/m0/s1. The molecule has 3 aromatic rings. The highest BCUT2D eigenvalue weighted by molar-refractivity contribution is 7.22. The lowest BCUT2D eigenvalue weighted by molar-refractivity contribution is -0.117. The number of ether oxygens (including phenoxy) is 1. The minimum absolute atomic E-state index is 0.0500. The summed E-state index contributed by atoms with van der Waals surface area (Å²) >= 11 is 1.13. The van der Waals surface area contributed by atoms with Crippen LogP contribution in [-0.2, 0) is 16.1 Å².